The molecule has 4 nitrogen and oxygen atoms in total. The van der Waals surface area contributed by atoms with Gasteiger partial charge in [-0.2, -0.15) is 0 Å². The lowest BCUT2D eigenvalue weighted by molar-refractivity contribution is 0.159. The van der Waals surface area contributed by atoms with E-state index in [1.165, 1.54) is 11.1 Å². The minimum absolute atomic E-state index is 0.244. The van der Waals surface area contributed by atoms with Crippen LogP contribution in [-0.4, -0.2) is 16.2 Å². The molecule has 2 N–H and O–H groups in total. The summed E-state index contributed by atoms with van der Waals surface area (Å²) >= 11 is 0. The summed E-state index contributed by atoms with van der Waals surface area (Å²) in [5.41, 5.74) is 3.45. The normalized spacial score (nSPS) is 18.4. The highest BCUT2D eigenvalue weighted by Gasteiger charge is 2.19. The van der Waals surface area contributed by atoms with Gasteiger partial charge in [-0.25, -0.2) is 4.98 Å². The SMILES string of the molecule is Cc1cnc(Nc2cccc3c2CC(O)CC3)o1. The maximum Gasteiger partial charge on any atom is 0.299 e. The van der Waals surface area contributed by atoms with Crippen LogP contribution in [-0.2, 0) is 12.8 Å². The van der Waals surface area contributed by atoms with E-state index in [4.69, 9.17) is 4.42 Å². The second-order valence-electron chi connectivity index (χ2n) is 4.74. The Kier molecular flexibility index (Phi) is 2.80. The first-order valence-corrected chi connectivity index (χ1v) is 6.20. The van der Waals surface area contributed by atoms with Crippen molar-refractivity contribution in [3.05, 3.63) is 41.3 Å². The molecule has 0 saturated carbocycles. The summed E-state index contributed by atoms with van der Waals surface area (Å²) in [6.45, 7) is 1.86. The lowest BCUT2D eigenvalue weighted by Gasteiger charge is -2.23. The molecule has 94 valence electrons. The third kappa shape index (κ3) is 2.11. The van der Waals surface area contributed by atoms with E-state index in [0.29, 0.717) is 12.4 Å². The van der Waals surface area contributed by atoms with Crippen molar-refractivity contribution in [3.63, 3.8) is 0 Å². The molecule has 0 spiro atoms. The molecule has 1 heterocycles. The Morgan fingerprint density at radius 2 is 2.33 bits per heavy atom. The van der Waals surface area contributed by atoms with Crippen molar-refractivity contribution >= 4 is 11.7 Å². The van der Waals surface area contributed by atoms with Crippen LogP contribution in [0, 0.1) is 6.92 Å². The number of benzene rings is 1. The van der Waals surface area contributed by atoms with E-state index >= 15 is 0 Å². The molecule has 1 aliphatic rings. The third-order valence-corrected chi connectivity index (χ3v) is 3.32. The summed E-state index contributed by atoms with van der Waals surface area (Å²) in [4.78, 5) is 4.14. The lowest BCUT2D eigenvalue weighted by atomic mass is 9.88. The average Bonchev–Trinajstić information content (AvgIpc) is 2.76. The zero-order chi connectivity index (χ0) is 12.5. The van der Waals surface area contributed by atoms with Crippen molar-refractivity contribution in [3.8, 4) is 0 Å². The van der Waals surface area contributed by atoms with Gasteiger partial charge in [-0.3, -0.25) is 0 Å². The van der Waals surface area contributed by atoms with E-state index < -0.39 is 0 Å². The third-order valence-electron chi connectivity index (χ3n) is 3.32. The molecular weight excluding hydrogens is 228 g/mol. The first-order chi connectivity index (χ1) is 8.72. The second kappa shape index (κ2) is 4.46. The summed E-state index contributed by atoms with van der Waals surface area (Å²) in [6.07, 6.45) is 3.91. The van der Waals surface area contributed by atoms with E-state index in [2.05, 4.69) is 16.4 Å². The number of hydrogen-bond acceptors (Lipinski definition) is 4. The largest absolute Gasteiger partial charge is 0.429 e. The van der Waals surface area contributed by atoms with E-state index in [-0.39, 0.29) is 6.10 Å². The van der Waals surface area contributed by atoms with Crippen molar-refractivity contribution in [1.29, 1.82) is 0 Å². The number of aliphatic hydroxyl groups excluding tert-OH is 1. The first-order valence-electron chi connectivity index (χ1n) is 6.20. The highest BCUT2D eigenvalue weighted by atomic mass is 16.4. The van der Waals surface area contributed by atoms with Crippen LogP contribution in [0.15, 0.2) is 28.8 Å². The second-order valence-corrected chi connectivity index (χ2v) is 4.74. The summed E-state index contributed by atoms with van der Waals surface area (Å²) in [5.74, 6) is 0.780. The highest BCUT2D eigenvalue weighted by molar-refractivity contribution is 5.61. The van der Waals surface area contributed by atoms with Crippen LogP contribution in [0.3, 0.4) is 0 Å². The van der Waals surface area contributed by atoms with Crippen LogP contribution in [0.5, 0.6) is 0 Å². The Balaban J connectivity index is 1.92. The molecule has 3 rings (SSSR count). The Morgan fingerprint density at radius 1 is 1.44 bits per heavy atom. The molecule has 0 bridgehead atoms. The zero-order valence-corrected chi connectivity index (χ0v) is 10.3. The number of oxazole rings is 1. The maximum atomic E-state index is 9.78. The number of nitrogens with one attached hydrogen (secondary N) is 1. The van der Waals surface area contributed by atoms with Gasteiger partial charge in [-0.1, -0.05) is 12.1 Å². The monoisotopic (exact) mass is 244 g/mol. The molecule has 1 atom stereocenters. The first kappa shape index (κ1) is 11.3. The molecule has 18 heavy (non-hydrogen) atoms. The Morgan fingerprint density at radius 3 is 3.11 bits per heavy atom. The van der Waals surface area contributed by atoms with Gasteiger partial charge in [0, 0.05) is 12.1 Å². The molecular formula is C14H16N2O2. The Hall–Kier alpha value is -1.81. The number of hydrogen-bond donors (Lipinski definition) is 2. The molecule has 0 saturated heterocycles. The number of anilines is 2. The number of aromatic nitrogens is 1. The summed E-state index contributed by atoms with van der Waals surface area (Å²) in [7, 11) is 0. The molecule has 1 aromatic heterocycles. The molecule has 0 fully saturated rings. The van der Waals surface area contributed by atoms with Crippen LogP contribution in [0.25, 0.3) is 0 Å². The molecule has 1 unspecified atom stereocenters. The van der Waals surface area contributed by atoms with E-state index in [0.717, 1.165) is 24.3 Å². The van der Waals surface area contributed by atoms with Crippen molar-refractivity contribution < 1.29 is 9.52 Å². The number of aryl methyl sites for hydroxylation is 2. The van der Waals surface area contributed by atoms with Gasteiger partial charge in [0.1, 0.15) is 5.76 Å². The molecule has 2 aromatic rings. The fraction of sp³-hybridized carbons (Fsp3) is 0.357. The lowest BCUT2D eigenvalue weighted by Crippen LogP contribution is -2.19. The van der Waals surface area contributed by atoms with Crippen LogP contribution in [0.4, 0.5) is 11.7 Å². The standard InChI is InChI=1S/C14H16N2O2/c1-9-8-15-14(18-9)16-13-4-2-3-10-5-6-11(17)7-12(10)13/h2-4,8,11,17H,5-7H2,1H3,(H,15,16). The molecule has 1 aliphatic carbocycles. The Bertz CT molecular complexity index is 563. The number of fused-ring (bicyclic) bond motifs is 1. The fourth-order valence-electron chi connectivity index (χ4n) is 2.41. The molecule has 0 amide bonds. The minimum Gasteiger partial charge on any atom is -0.429 e. The zero-order valence-electron chi connectivity index (χ0n) is 10.3. The van der Waals surface area contributed by atoms with Crippen LogP contribution in [0.2, 0.25) is 0 Å². The summed E-state index contributed by atoms with van der Waals surface area (Å²) in [6, 6.07) is 6.64. The van der Waals surface area contributed by atoms with Crippen molar-refractivity contribution in [2.24, 2.45) is 0 Å². The van der Waals surface area contributed by atoms with Gasteiger partial charge in [0.2, 0.25) is 0 Å². The predicted octanol–water partition coefficient (Wildman–Crippen LogP) is 2.58. The smallest absolute Gasteiger partial charge is 0.299 e. The van der Waals surface area contributed by atoms with E-state index in [1.54, 1.807) is 6.20 Å². The van der Waals surface area contributed by atoms with Crippen molar-refractivity contribution in [2.75, 3.05) is 5.32 Å². The Labute approximate surface area is 106 Å². The van der Waals surface area contributed by atoms with Gasteiger partial charge in [0.25, 0.3) is 6.01 Å². The quantitative estimate of drug-likeness (QED) is 0.852. The maximum absolute atomic E-state index is 9.78. The fourth-order valence-corrected chi connectivity index (χ4v) is 2.41. The van der Waals surface area contributed by atoms with Gasteiger partial charge in [-0.15, -0.1) is 0 Å². The van der Waals surface area contributed by atoms with Crippen molar-refractivity contribution in [1.82, 2.24) is 4.98 Å². The summed E-state index contributed by atoms with van der Waals surface area (Å²) in [5, 5.41) is 13.0. The van der Waals surface area contributed by atoms with Gasteiger partial charge >= 0.3 is 0 Å². The highest BCUT2D eigenvalue weighted by Crippen LogP contribution is 2.29. The van der Waals surface area contributed by atoms with Crippen LogP contribution >= 0.6 is 0 Å². The molecule has 1 aromatic carbocycles. The van der Waals surface area contributed by atoms with Crippen LogP contribution in [0.1, 0.15) is 23.3 Å². The van der Waals surface area contributed by atoms with Crippen molar-refractivity contribution in [2.45, 2.75) is 32.3 Å². The van der Waals surface area contributed by atoms with E-state index in [1.807, 2.05) is 19.1 Å². The number of aliphatic hydroxyl groups is 1. The van der Waals surface area contributed by atoms with Gasteiger partial charge < -0.3 is 14.8 Å². The van der Waals surface area contributed by atoms with Gasteiger partial charge in [0.05, 0.1) is 12.3 Å². The van der Waals surface area contributed by atoms with Gasteiger partial charge in [0.15, 0.2) is 0 Å². The van der Waals surface area contributed by atoms with E-state index in [9.17, 15) is 5.11 Å². The minimum atomic E-state index is -0.244. The van der Waals surface area contributed by atoms with Crippen LogP contribution < -0.4 is 5.32 Å². The number of rotatable bonds is 2. The molecule has 0 radical (unpaired) electrons. The molecule has 4 heteroatoms. The van der Waals surface area contributed by atoms with Gasteiger partial charge in [-0.05, 0) is 37.0 Å². The predicted molar refractivity (Wildman–Crippen MR) is 69.0 cm³/mol. The number of nitrogens with zero attached hydrogens (tertiary/aromatic N) is 1. The summed E-state index contributed by atoms with van der Waals surface area (Å²) < 4.78 is 5.42. The molecule has 0 aliphatic heterocycles. The topological polar surface area (TPSA) is 58.3 Å². The average molecular weight is 244 g/mol.